The molecule has 33 heavy (non-hydrogen) atoms. The minimum absolute atomic E-state index is 0.0700. The molecule has 3 aromatic rings. The molecule has 0 radical (unpaired) electrons. The molecule has 12 heteroatoms. The second-order valence-electron chi connectivity index (χ2n) is 7.18. The number of rotatable bonds is 6. The summed E-state index contributed by atoms with van der Waals surface area (Å²) in [4.78, 5) is 40.3. The van der Waals surface area contributed by atoms with E-state index in [4.69, 9.17) is 20.4 Å². The van der Waals surface area contributed by atoms with Crippen LogP contribution in [0, 0.1) is 5.41 Å². The molecule has 2 aromatic heterocycles. The van der Waals surface area contributed by atoms with Crippen LogP contribution in [-0.2, 0) is 14.3 Å². The summed E-state index contributed by atoms with van der Waals surface area (Å²) in [6, 6.07) is 7.92. The largest absolute Gasteiger partial charge is 0.380 e. The first kappa shape index (κ1) is 21.8. The van der Waals surface area contributed by atoms with Gasteiger partial charge in [-0.3, -0.25) is 24.7 Å². The predicted octanol–water partition coefficient (Wildman–Crippen LogP) is 1.26. The van der Waals surface area contributed by atoms with Crippen molar-refractivity contribution in [2.45, 2.75) is 12.5 Å². The maximum absolute atomic E-state index is 12.8. The Bertz CT molecular complexity index is 1300. The van der Waals surface area contributed by atoms with Crippen molar-refractivity contribution in [3.05, 3.63) is 59.2 Å². The Morgan fingerprint density at radius 3 is 2.97 bits per heavy atom. The molecule has 1 aliphatic heterocycles. The summed E-state index contributed by atoms with van der Waals surface area (Å²) in [5, 5.41) is 18.0. The third-order valence-corrected chi connectivity index (χ3v) is 4.89. The van der Waals surface area contributed by atoms with Crippen LogP contribution in [0.25, 0.3) is 11.0 Å². The fraction of sp³-hybridized carbons (Fsp3) is 0.190. The molecule has 1 saturated heterocycles. The standard InChI is InChI=1S/C21H21N7O5/c22-17(4-6-24-12-3-5-25-18(29)10-12)28-7-8-32-16(21(28)31)11-19(30)26-13-1-2-14-15(9-13)33-27-20(14)23/h1-6,9-10,16,22H,7-8,11H2,(H2,23,27)(H,26,30)(H2,24,25,29)/b6-4-,22-17?. The van der Waals surface area contributed by atoms with Crippen LogP contribution in [0.2, 0.25) is 0 Å². The Kier molecular flexibility index (Phi) is 6.17. The highest BCUT2D eigenvalue weighted by molar-refractivity contribution is 6.06. The Labute approximate surface area is 186 Å². The monoisotopic (exact) mass is 451 g/mol. The SMILES string of the molecule is N=C(/C=C\Nc1cc[nH]c(=O)c1)N1CCOC(CC(=O)Nc2ccc3c(N)noc3c2)C1=O. The van der Waals surface area contributed by atoms with Gasteiger partial charge in [0, 0.05) is 35.9 Å². The van der Waals surface area contributed by atoms with Crippen molar-refractivity contribution in [2.75, 3.05) is 29.5 Å². The number of morpholine rings is 1. The quantitative estimate of drug-likeness (QED) is 0.274. The molecule has 0 bridgehead atoms. The molecule has 12 nitrogen and oxygen atoms in total. The van der Waals surface area contributed by atoms with Crippen molar-refractivity contribution in [1.29, 1.82) is 5.41 Å². The number of carbonyl (C=O) groups excluding carboxylic acids is 2. The molecule has 0 saturated carbocycles. The molecule has 1 fully saturated rings. The Balaban J connectivity index is 1.34. The Hall–Kier alpha value is -4.45. The highest BCUT2D eigenvalue weighted by Crippen LogP contribution is 2.24. The second-order valence-corrected chi connectivity index (χ2v) is 7.18. The van der Waals surface area contributed by atoms with Gasteiger partial charge in [0.25, 0.3) is 5.91 Å². The number of fused-ring (bicyclic) bond motifs is 1. The number of pyridine rings is 1. The fourth-order valence-corrected chi connectivity index (χ4v) is 3.28. The van der Waals surface area contributed by atoms with Crippen LogP contribution in [0.5, 0.6) is 0 Å². The van der Waals surface area contributed by atoms with Crippen LogP contribution in [0.4, 0.5) is 17.2 Å². The molecular weight excluding hydrogens is 430 g/mol. The van der Waals surface area contributed by atoms with Crippen molar-refractivity contribution < 1.29 is 18.8 Å². The second kappa shape index (κ2) is 9.36. The van der Waals surface area contributed by atoms with Crippen molar-refractivity contribution >= 4 is 45.8 Å². The van der Waals surface area contributed by atoms with Gasteiger partial charge in [0.05, 0.1) is 25.0 Å². The van der Waals surface area contributed by atoms with Gasteiger partial charge in [-0.15, -0.1) is 0 Å². The molecule has 170 valence electrons. The van der Waals surface area contributed by atoms with Crippen molar-refractivity contribution in [2.24, 2.45) is 0 Å². The average molecular weight is 451 g/mol. The third-order valence-electron chi connectivity index (χ3n) is 4.89. The minimum Gasteiger partial charge on any atom is -0.380 e. The number of aromatic nitrogens is 2. The number of nitrogens with one attached hydrogen (secondary N) is 4. The smallest absolute Gasteiger partial charge is 0.257 e. The van der Waals surface area contributed by atoms with Crippen LogP contribution < -0.4 is 21.9 Å². The number of amidine groups is 1. The van der Waals surface area contributed by atoms with E-state index in [-0.39, 0.29) is 36.8 Å². The van der Waals surface area contributed by atoms with E-state index in [1.165, 1.54) is 29.4 Å². The molecule has 0 aliphatic carbocycles. The van der Waals surface area contributed by atoms with Gasteiger partial charge in [-0.05, 0) is 24.3 Å². The first-order valence-corrected chi connectivity index (χ1v) is 9.99. The molecule has 1 aliphatic rings. The Morgan fingerprint density at radius 1 is 1.30 bits per heavy atom. The van der Waals surface area contributed by atoms with Gasteiger partial charge in [0.2, 0.25) is 11.5 Å². The highest BCUT2D eigenvalue weighted by atomic mass is 16.5. The van der Waals surface area contributed by atoms with E-state index < -0.39 is 17.9 Å². The third kappa shape index (κ3) is 5.07. The zero-order valence-corrected chi connectivity index (χ0v) is 17.3. The van der Waals surface area contributed by atoms with E-state index in [9.17, 15) is 14.4 Å². The Morgan fingerprint density at radius 2 is 2.15 bits per heavy atom. The topological polar surface area (TPSA) is 179 Å². The number of ether oxygens (including phenoxy) is 1. The first-order valence-electron chi connectivity index (χ1n) is 9.99. The van der Waals surface area contributed by atoms with E-state index in [0.717, 1.165) is 0 Å². The van der Waals surface area contributed by atoms with Crippen LogP contribution >= 0.6 is 0 Å². The van der Waals surface area contributed by atoms with Gasteiger partial charge in [-0.25, -0.2) is 0 Å². The number of nitrogens with zero attached hydrogens (tertiary/aromatic N) is 2. The van der Waals surface area contributed by atoms with Crippen LogP contribution in [0.3, 0.4) is 0 Å². The minimum atomic E-state index is -1.02. The number of hydrogen-bond acceptors (Lipinski definition) is 9. The van der Waals surface area contributed by atoms with Gasteiger partial charge in [0.1, 0.15) is 11.9 Å². The lowest BCUT2D eigenvalue weighted by Gasteiger charge is -2.31. The number of H-pyrrole nitrogens is 1. The summed E-state index contributed by atoms with van der Waals surface area (Å²) in [7, 11) is 0. The van der Waals surface area contributed by atoms with Crippen LogP contribution in [0.15, 0.2) is 58.1 Å². The first-order chi connectivity index (χ1) is 15.9. The van der Waals surface area contributed by atoms with Gasteiger partial charge in [-0.1, -0.05) is 5.16 Å². The fourth-order valence-electron chi connectivity index (χ4n) is 3.28. The number of hydrogen-bond donors (Lipinski definition) is 5. The van der Waals surface area contributed by atoms with Gasteiger partial charge in [0.15, 0.2) is 11.4 Å². The summed E-state index contributed by atoms with van der Waals surface area (Å²) < 4.78 is 10.5. The van der Waals surface area contributed by atoms with Gasteiger partial charge >= 0.3 is 0 Å². The molecule has 4 rings (SSSR count). The number of benzene rings is 1. The van der Waals surface area contributed by atoms with Crippen LogP contribution in [0.1, 0.15) is 6.42 Å². The average Bonchev–Trinajstić information content (AvgIpc) is 3.15. The number of nitrogen functional groups attached to an aromatic ring is 1. The number of aromatic amines is 1. The lowest BCUT2D eigenvalue weighted by Crippen LogP contribution is -2.50. The molecule has 0 spiro atoms. The highest BCUT2D eigenvalue weighted by Gasteiger charge is 2.33. The molecule has 3 heterocycles. The van der Waals surface area contributed by atoms with Crippen molar-refractivity contribution in [1.82, 2.24) is 15.0 Å². The van der Waals surface area contributed by atoms with E-state index in [2.05, 4.69) is 20.8 Å². The molecule has 6 N–H and O–H groups in total. The van der Waals surface area contributed by atoms with Crippen molar-refractivity contribution in [3.8, 4) is 0 Å². The van der Waals surface area contributed by atoms with E-state index in [1.807, 2.05) is 0 Å². The lowest BCUT2D eigenvalue weighted by molar-refractivity contribution is -0.149. The molecule has 1 atom stereocenters. The number of amides is 2. The number of nitrogens with two attached hydrogens (primary N) is 1. The molecule has 1 unspecified atom stereocenters. The van der Waals surface area contributed by atoms with Crippen LogP contribution in [-0.4, -0.2) is 51.9 Å². The summed E-state index contributed by atoms with van der Waals surface area (Å²) in [5.74, 6) is -0.728. The molecule has 1 aromatic carbocycles. The van der Waals surface area contributed by atoms with Gasteiger partial charge in [-0.2, -0.15) is 0 Å². The lowest BCUT2D eigenvalue weighted by atomic mass is 10.1. The number of carbonyl (C=O) groups is 2. The van der Waals surface area contributed by atoms with E-state index >= 15 is 0 Å². The summed E-state index contributed by atoms with van der Waals surface area (Å²) in [6.45, 7) is 0.374. The molecule has 2 amide bonds. The summed E-state index contributed by atoms with van der Waals surface area (Å²) >= 11 is 0. The molecular formula is C21H21N7O5. The maximum atomic E-state index is 12.8. The van der Waals surface area contributed by atoms with E-state index in [0.29, 0.717) is 22.3 Å². The number of anilines is 3. The zero-order chi connectivity index (χ0) is 23.4. The normalized spacial score (nSPS) is 16.3. The summed E-state index contributed by atoms with van der Waals surface area (Å²) in [6.07, 6.45) is 3.10. The van der Waals surface area contributed by atoms with Gasteiger partial charge < -0.3 is 30.6 Å². The zero-order valence-electron chi connectivity index (χ0n) is 17.3. The van der Waals surface area contributed by atoms with Crippen molar-refractivity contribution in [3.63, 3.8) is 0 Å². The van der Waals surface area contributed by atoms with E-state index in [1.54, 1.807) is 24.3 Å². The predicted molar refractivity (Wildman–Crippen MR) is 121 cm³/mol. The maximum Gasteiger partial charge on any atom is 0.257 e. The summed E-state index contributed by atoms with van der Waals surface area (Å²) in [5.41, 5.74) is 6.84.